The minimum absolute atomic E-state index is 0.0777. The van der Waals surface area contributed by atoms with Crippen LogP contribution in [0.1, 0.15) is 0 Å². The average molecular weight is 263 g/mol. The molecule has 0 amide bonds. The quantitative estimate of drug-likeness (QED) is 0.801. The van der Waals surface area contributed by atoms with Crippen molar-refractivity contribution in [3.63, 3.8) is 0 Å². The summed E-state index contributed by atoms with van der Waals surface area (Å²) in [6.07, 6.45) is 5.04. The number of anilines is 1. The molecule has 0 radical (unpaired) electrons. The first-order valence-electron chi connectivity index (χ1n) is 5.98. The van der Waals surface area contributed by atoms with E-state index in [1.165, 1.54) is 0 Å². The summed E-state index contributed by atoms with van der Waals surface area (Å²) in [5.41, 5.74) is 0.808. The molecule has 19 heavy (non-hydrogen) atoms. The van der Waals surface area contributed by atoms with Crippen molar-refractivity contribution in [2.24, 2.45) is 0 Å². The van der Waals surface area contributed by atoms with Gasteiger partial charge in [0.2, 0.25) is 0 Å². The number of likely N-dealkylation sites (N-methyl/N-ethyl adjacent to an activating group) is 1. The number of hydrogen-bond acceptors (Lipinski definition) is 5. The van der Waals surface area contributed by atoms with Gasteiger partial charge in [0.15, 0.2) is 5.82 Å². The topological polar surface area (TPSA) is 74.0 Å². The van der Waals surface area contributed by atoms with E-state index < -0.39 is 5.97 Å². The molecular weight excluding hydrogens is 246 g/mol. The van der Waals surface area contributed by atoms with Gasteiger partial charge in [0.25, 0.3) is 0 Å². The van der Waals surface area contributed by atoms with Gasteiger partial charge in [-0.05, 0) is 20.2 Å². The number of nitrogens with zero attached hydrogens (tertiary/aromatic N) is 5. The molecule has 7 nitrogen and oxygen atoms in total. The van der Waals surface area contributed by atoms with E-state index in [2.05, 4.69) is 10.1 Å². The lowest BCUT2D eigenvalue weighted by Gasteiger charge is -2.24. The second-order valence-corrected chi connectivity index (χ2v) is 4.53. The van der Waals surface area contributed by atoms with Crippen LogP contribution >= 0.6 is 0 Å². The van der Waals surface area contributed by atoms with Gasteiger partial charge in [-0.15, -0.1) is 0 Å². The Kier molecular flexibility index (Phi) is 3.96. The lowest BCUT2D eigenvalue weighted by Crippen LogP contribution is -2.36. The van der Waals surface area contributed by atoms with Crippen molar-refractivity contribution in [2.75, 3.05) is 38.6 Å². The van der Waals surface area contributed by atoms with Gasteiger partial charge >= 0.3 is 5.97 Å². The summed E-state index contributed by atoms with van der Waals surface area (Å²) in [6, 6.07) is 1.83. The third kappa shape index (κ3) is 3.19. The molecule has 0 aliphatic rings. The zero-order valence-electron chi connectivity index (χ0n) is 11.0. The number of aliphatic carboxylic acids is 1. The summed E-state index contributed by atoms with van der Waals surface area (Å²) >= 11 is 0. The molecule has 0 unspecified atom stereocenters. The maximum Gasteiger partial charge on any atom is 0.323 e. The first-order valence-corrected chi connectivity index (χ1v) is 5.98. The Balaban J connectivity index is 2.30. The van der Waals surface area contributed by atoms with Gasteiger partial charge in [-0.1, -0.05) is 0 Å². The second-order valence-electron chi connectivity index (χ2n) is 4.53. The molecule has 102 valence electrons. The van der Waals surface area contributed by atoms with Crippen LogP contribution in [-0.4, -0.2) is 64.3 Å². The van der Waals surface area contributed by atoms with E-state index in [1.54, 1.807) is 28.0 Å². The summed E-state index contributed by atoms with van der Waals surface area (Å²) in [4.78, 5) is 19.0. The van der Waals surface area contributed by atoms with Crippen LogP contribution in [-0.2, 0) is 4.79 Å². The fourth-order valence-corrected chi connectivity index (χ4v) is 1.83. The highest BCUT2D eigenvalue weighted by Gasteiger charge is 2.15. The maximum atomic E-state index is 11.0. The Morgan fingerprint density at radius 1 is 1.37 bits per heavy atom. The molecule has 0 spiro atoms. The van der Waals surface area contributed by atoms with Gasteiger partial charge < -0.3 is 14.9 Å². The van der Waals surface area contributed by atoms with Gasteiger partial charge in [-0.2, -0.15) is 5.10 Å². The predicted molar refractivity (Wildman–Crippen MR) is 71.4 cm³/mol. The molecule has 2 heterocycles. The van der Waals surface area contributed by atoms with Crippen LogP contribution in [0.5, 0.6) is 0 Å². The van der Waals surface area contributed by atoms with Crippen molar-refractivity contribution in [2.45, 2.75) is 0 Å². The lowest BCUT2D eigenvalue weighted by atomic mass is 10.3. The summed E-state index contributed by atoms with van der Waals surface area (Å²) in [5.74, 6) is -0.230. The fourth-order valence-electron chi connectivity index (χ4n) is 1.83. The van der Waals surface area contributed by atoms with Crippen molar-refractivity contribution in [3.05, 3.63) is 24.7 Å². The van der Waals surface area contributed by atoms with Crippen molar-refractivity contribution in [1.82, 2.24) is 19.5 Å². The van der Waals surface area contributed by atoms with Crippen LogP contribution in [0.3, 0.4) is 0 Å². The van der Waals surface area contributed by atoms with Crippen LogP contribution in [0, 0.1) is 0 Å². The molecule has 0 aliphatic carbocycles. The molecule has 2 aromatic rings. The van der Waals surface area contributed by atoms with Crippen molar-refractivity contribution in [3.8, 4) is 0 Å². The van der Waals surface area contributed by atoms with E-state index in [4.69, 9.17) is 5.11 Å². The average Bonchev–Trinajstić information content (AvgIpc) is 2.81. The Morgan fingerprint density at radius 2 is 2.16 bits per heavy atom. The summed E-state index contributed by atoms with van der Waals surface area (Å²) in [5, 5.41) is 13.2. The summed E-state index contributed by atoms with van der Waals surface area (Å²) < 4.78 is 1.69. The normalized spacial score (nSPS) is 11.1. The second kappa shape index (κ2) is 5.66. The molecule has 0 saturated heterocycles. The number of rotatable bonds is 6. The largest absolute Gasteiger partial charge is 0.480 e. The number of hydrogen-bond donors (Lipinski definition) is 1. The molecule has 1 N–H and O–H groups in total. The molecule has 7 heteroatoms. The molecule has 0 atom stereocenters. The van der Waals surface area contributed by atoms with Crippen molar-refractivity contribution < 1.29 is 9.90 Å². The van der Waals surface area contributed by atoms with Crippen LogP contribution in [0.2, 0.25) is 0 Å². The number of carboxylic acids is 1. The van der Waals surface area contributed by atoms with E-state index in [1.807, 2.05) is 25.1 Å². The van der Waals surface area contributed by atoms with E-state index in [0.29, 0.717) is 12.4 Å². The Morgan fingerprint density at radius 3 is 2.84 bits per heavy atom. The van der Waals surface area contributed by atoms with E-state index >= 15 is 0 Å². The number of carbonyl (C=O) groups is 1. The molecule has 2 rings (SSSR count). The number of fused-ring (bicyclic) bond motifs is 1. The zero-order chi connectivity index (χ0) is 13.8. The van der Waals surface area contributed by atoms with E-state index in [0.717, 1.165) is 12.1 Å². The van der Waals surface area contributed by atoms with Gasteiger partial charge in [0, 0.05) is 25.5 Å². The molecule has 0 saturated carbocycles. The van der Waals surface area contributed by atoms with Gasteiger partial charge in [0.05, 0.1) is 6.20 Å². The van der Waals surface area contributed by atoms with Crippen molar-refractivity contribution in [1.29, 1.82) is 0 Å². The Bertz CT molecular complexity index is 566. The lowest BCUT2D eigenvalue weighted by molar-refractivity contribution is -0.135. The number of aromatic nitrogens is 3. The molecule has 0 aliphatic heterocycles. The smallest absolute Gasteiger partial charge is 0.323 e. The summed E-state index contributed by atoms with van der Waals surface area (Å²) in [7, 11) is 3.90. The highest BCUT2D eigenvalue weighted by Crippen LogP contribution is 2.17. The van der Waals surface area contributed by atoms with E-state index in [9.17, 15) is 4.79 Å². The highest BCUT2D eigenvalue weighted by molar-refractivity contribution is 5.77. The third-order valence-corrected chi connectivity index (χ3v) is 2.75. The standard InChI is InChI=1S/C12H17N5O2/c1-15(2)7-8-16(9-11(18)19)12-10-3-4-14-17(10)6-5-13-12/h3-6H,7-9H2,1-2H3,(H,18,19). The van der Waals surface area contributed by atoms with Crippen LogP contribution in [0.4, 0.5) is 5.82 Å². The first kappa shape index (κ1) is 13.3. The Labute approximate surface area is 111 Å². The third-order valence-electron chi connectivity index (χ3n) is 2.75. The van der Waals surface area contributed by atoms with Gasteiger partial charge in [0.1, 0.15) is 12.1 Å². The van der Waals surface area contributed by atoms with Gasteiger partial charge in [-0.3, -0.25) is 4.79 Å². The summed E-state index contributed by atoms with van der Waals surface area (Å²) in [6.45, 7) is 1.27. The molecule has 2 aromatic heterocycles. The number of carboxylic acid groups (broad SMARTS) is 1. The highest BCUT2D eigenvalue weighted by atomic mass is 16.4. The first-order chi connectivity index (χ1) is 9.08. The molecular formula is C12H17N5O2. The van der Waals surface area contributed by atoms with Crippen LogP contribution in [0.25, 0.3) is 5.52 Å². The molecule has 0 fully saturated rings. The Hall–Kier alpha value is -2.15. The zero-order valence-corrected chi connectivity index (χ0v) is 11.0. The van der Waals surface area contributed by atoms with Gasteiger partial charge in [-0.25, -0.2) is 9.50 Å². The van der Waals surface area contributed by atoms with Crippen LogP contribution in [0.15, 0.2) is 24.7 Å². The molecule has 0 bridgehead atoms. The minimum atomic E-state index is -0.873. The SMILES string of the molecule is CN(C)CCN(CC(=O)O)c1nccn2nccc12. The predicted octanol–water partition coefficient (Wildman–Crippen LogP) is 0.182. The van der Waals surface area contributed by atoms with Crippen molar-refractivity contribution >= 4 is 17.3 Å². The van der Waals surface area contributed by atoms with E-state index in [-0.39, 0.29) is 6.54 Å². The molecule has 0 aromatic carbocycles. The minimum Gasteiger partial charge on any atom is -0.480 e. The maximum absolute atomic E-state index is 11.0. The fraction of sp³-hybridized carbons (Fsp3) is 0.417. The monoisotopic (exact) mass is 263 g/mol. The van der Waals surface area contributed by atoms with Crippen LogP contribution < -0.4 is 4.90 Å².